The molecule has 0 atom stereocenters. The Hall–Kier alpha value is -3.88. The van der Waals surface area contributed by atoms with Crippen LogP contribution in [0.25, 0.3) is 23.3 Å². The zero-order valence-electron chi connectivity index (χ0n) is 14.1. The molecule has 0 saturated heterocycles. The molecule has 3 aromatic carbocycles. The maximum Gasteiger partial charge on any atom is 0.0998 e. The molecule has 0 N–H and O–H groups in total. The zero-order valence-corrected chi connectivity index (χ0v) is 14.1. The fourth-order valence-electron chi connectivity index (χ4n) is 2.62. The van der Waals surface area contributed by atoms with E-state index in [4.69, 9.17) is 0 Å². The molecule has 0 amide bonds. The lowest BCUT2D eigenvalue weighted by molar-refractivity contribution is 1.52. The van der Waals surface area contributed by atoms with Crippen molar-refractivity contribution in [2.45, 2.75) is 0 Å². The minimum absolute atomic E-state index is 0.621. The second kappa shape index (κ2) is 8.29. The number of hydrogen-bond donors (Lipinski definition) is 0. The lowest BCUT2D eigenvalue weighted by Crippen LogP contribution is -1.83. The molecule has 0 spiro atoms. The monoisotopic (exact) mass is 332 g/mol. The van der Waals surface area contributed by atoms with Crippen LogP contribution in [0, 0.1) is 22.7 Å². The van der Waals surface area contributed by atoms with Gasteiger partial charge in [0.1, 0.15) is 0 Å². The molecule has 2 heteroatoms. The highest BCUT2D eigenvalue weighted by Crippen LogP contribution is 2.20. The van der Waals surface area contributed by atoms with Crippen molar-refractivity contribution in [3.8, 4) is 12.1 Å². The fourth-order valence-corrected chi connectivity index (χ4v) is 2.62. The van der Waals surface area contributed by atoms with Crippen LogP contribution in [0.5, 0.6) is 0 Å². The van der Waals surface area contributed by atoms with Crippen LogP contribution in [0.4, 0.5) is 0 Å². The summed E-state index contributed by atoms with van der Waals surface area (Å²) in [5, 5.41) is 18.8. The van der Waals surface area contributed by atoms with Crippen LogP contribution in [0.3, 0.4) is 0 Å². The number of hydrogen-bond acceptors (Lipinski definition) is 2. The van der Waals surface area contributed by atoms with E-state index in [1.807, 2.05) is 97.1 Å². The van der Waals surface area contributed by atoms with Gasteiger partial charge in [-0.3, -0.25) is 0 Å². The van der Waals surface area contributed by atoms with Gasteiger partial charge in [0.15, 0.2) is 0 Å². The predicted molar refractivity (Wildman–Crippen MR) is 106 cm³/mol. The van der Waals surface area contributed by atoms with E-state index in [9.17, 15) is 10.5 Å². The predicted octanol–water partition coefficient (Wildman–Crippen LogP) is 5.81. The molecule has 0 aliphatic carbocycles. The first-order valence-electron chi connectivity index (χ1n) is 8.24. The molecule has 0 saturated carbocycles. The Labute approximate surface area is 153 Å². The summed E-state index contributed by atoms with van der Waals surface area (Å²) < 4.78 is 0. The highest BCUT2D eigenvalue weighted by molar-refractivity contribution is 5.91. The maximum absolute atomic E-state index is 9.41. The third-order valence-corrected chi connectivity index (χ3v) is 3.97. The average molecular weight is 332 g/mol. The minimum atomic E-state index is 0.621. The highest BCUT2D eigenvalue weighted by atomic mass is 14.3. The van der Waals surface area contributed by atoms with Gasteiger partial charge < -0.3 is 0 Å². The molecular formula is C24H16N2. The van der Waals surface area contributed by atoms with Crippen LogP contribution in [-0.4, -0.2) is 0 Å². The van der Waals surface area contributed by atoms with Crippen molar-refractivity contribution in [3.63, 3.8) is 0 Å². The molecule has 0 bridgehead atoms. The van der Waals surface area contributed by atoms with Gasteiger partial charge in [0.25, 0.3) is 0 Å². The standard InChI is InChI=1S/C24H16N2/c25-17-23(21-7-3-1-4-8-21)15-19-11-13-20(14-12-19)16-24(18-26)22-9-5-2-6-10-22/h1-16H/b23-15+,24-16+. The number of benzene rings is 3. The molecule has 2 nitrogen and oxygen atoms in total. The normalized spacial score (nSPS) is 11.5. The third kappa shape index (κ3) is 4.15. The molecule has 0 aliphatic rings. The Morgan fingerprint density at radius 1 is 0.538 bits per heavy atom. The van der Waals surface area contributed by atoms with Crippen LogP contribution in [0.1, 0.15) is 22.3 Å². The van der Waals surface area contributed by atoms with Gasteiger partial charge in [-0.2, -0.15) is 10.5 Å². The highest BCUT2D eigenvalue weighted by Gasteiger charge is 2.02. The second-order valence-corrected chi connectivity index (χ2v) is 5.74. The van der Waals surface area contributed by atoms with Crippen molar-refractivity contribution in [1.82, 2.24) is 0 Å². The van der Waals surface area contributed by atoms with Crippen LogP contribution >= 0.6 is 0 Å². The average Bonchev–Trinajstić information content (AvgIpc) is 2.72. The van der Waals surface area contributed by atoms with E-state index in [0.29, 0.717) is 11.1 Å². The minimum Gasteiger partial charge on any atom is -0.192 e. The van der Waals surface area contributed by atoms with Gasteiger partial charge in [-0.1, -0.05) is 84.9 Å². The van der Waals surface area contributed by atoms with E-state index in [2.05, 4.69) is 12.1 Å². The zero-order chi connectivity index (χ0) is 18.2. The fraction of sp³-hybridized carbons (Fsp3) is 0. The molecule has 122 valence electrons. The Bertz CT molecular complexity index is 927. The first-order valence-corrected chi connectivity index (χ1v) is 8.24. The quantitative estimate of drug-likeness (QED) is 0.447. The van der Waals surface area contributed by atoms with E-state index in [0.717, 1.165) is 22.3 Å². The van der Waals surface area contributed by atoms with Crippen LogP contribution in [0.15, 0.2) is 84.9 Å². The summed E-state index contributed by atoms with van der Waals surface area (Å²) in [6.45, 7) is 0. The molecule has 26 heavy (non-hydrogen) atoms. The van der Waals surface area contributed by atoms with Crippen molar-refractivity contribution in [3.05, 3.63) is 107 Å². The summed E-state index contributed by atoms with van der Waals surface area (Å²) in [6.07, 6.45) is 3.73. The Kier molecular flexibility index (Phi) is 5.41. The maximum atomic E-state index is 9.41. The lowest BCUT2D eigenvalue weighted by atomic mass is 10.0. The third-order valence-electron chi connectivity index (χ3n) is 3.97. The van der Waals surface area contributed by atoms with Crippen molar-refractivity contribution < 1.29 is 0 Å². The summed E-state index contributed by atoms with van der Waals surface area (Å²) in [7, 11) is 0. The van der Waals surface area contributed by atoms with Gasteiger partial charge in [-0.25, -0.2) is 0 Å². The van der Waals surface area contributed by atoms with E-state index in [-0.39, 0.29) is 0 Å². The summed E-state index contributed by atoms with van der Waals surface area (Å²) in [5.74, 6) is 0. The Morgan fingerprint density at radius 2 is 0.885 bits per heavy atom. The molecule has 0 unspecified atom stereocenters. The molecule has 3 rings (SSSR count). The summed E-state index contributed by atoms with van der Waals surface area (Å²) in [4.78, 5) is 0. The largest absolute Gasteiger partial charge is 0.192 e. The van der Waals surface area contributed by atoms with Crippen molar-refractivity contribution in [2.75, 3.05) is 0 Å². The van der Waals surface area contributed by atoms with Gasteiger partial charge in [0, 0.05) is 0 Å². The van der Waals surface area contributed by atoms with E-state index < -0.39 is 0 Å². The summed E-state index contributed by atoms with van der Waals surface area (Å²) >= 11 is 0. The lowest BCUT2D eigenvalue weighted by Gasteiger charge is -2.02. The molecule has 0 fully saturated rings. The summed E-state index contributed by atoms with van der Waals surface area (Å²) in [5.41, 5.74) is 4.93. The number of nitriles is 2. The van der Waals surface area contributed by atoms with Crippen LogP contribution < -0.4 is 0 Å². The molecule has 0 aliphatic heterocycles. The van der Waals surface area contributed by atoms with Crippen LogP contribution in [0.2, 0.25) is 0 Å². The first kappa shape index (κ1) is 17.0. The van der Waals surface area contributed by atoms with Crippen molar-refractivity contribution >= 4 is 23.3 Å². The first-order chi connectivity index (χ1) is 12.8. The molecule has 0 aromatic heterocycles. The van der Waals surface area contributed by atoms with E-state index >= 15 is 0 Å². The molecule has 0 heterocycles. The van der Waals surface area contributed by atoms with E-state index in [1.54, 1.807) is 0 Å². The molecule has 3 aromatic rings. The summed E-state index contributed by atoms with van der Waals surface area (Å²) in [6, 6.07) is 31.5. The van der Waals surface area contributed by atoms with Gasteiger partial charge in [-0.15, -0.1) is 0 Å². The smallest absolute Gasteiger partial charge is 0.0998 e. The molecular weight excluding hydrogens is 316 g/mol. The SMILES string of the molecule is N#C/C(=C\c1ccc(/C=C(\C#N)c2ccccc2)cc1)c1ccccc1. The van der Waals surface area contributed by atoms with Crippen molar-refractivity contribution in [1.29, 1.82) is 10.5 Å². The topological polar surface area (TPSA) is 47.6 Å². The Morgan fingerprint density at radius 3 is 1.19 bits per heavy atom. The second-order valence-electron chi connectivity index (χ2n) is 5.74. The Balaban J connectivity index is 1.87. The number of nitrogens with zero attached hydrogens (tertiary/aromatic N) is 2. The van der Waals surface area contributed by atoms with Gasteiger partial charge in [0.05, 0.1) is 23.3 Å². The molecule has 0 radical (unpaired) electrons. The van der Waals surface area contributed by atoms with Crippen LogP contribution in [-0.2, 0) is 0 Å². The van der Waals surface area contributed by atoms with Crippen molar-refractivity contribution in [2.24, 2.45) is 0 Å². The van der Waals surface area contributed by atoms with E-state index in [1.165, 1.54) is 0 Å². The van der Waals surface area contributed by atoms with Gasteiger partial charge >= 0.3 is 0 Å². The van der Waals surface area contributed by atoms with Gasteiger partial charge in [-0.05, 0) is 34.4 Å². The number of allylic oxidation sites excluding steroid dienone is 2. The van der Waals surface area contributed by atoms with Gasteiger partial charge in [0.2, 0.25) is 0 Å². The number of rotatable bonds is 4.